The number of hydrogen-bond acceptors (Lipinski definition) is 4. The van der Waals surface area contributed by atoms with Crippen molar-refractivity contribution in [1.82, 2.24) is 15.0 Å². The van der Waals surface area contributed by atoms with Crippen LogP contribution < -0.4 is 5.56 Å². The van der Waals surface area contributed by atoms with Gasteiger partial charge in [-0.05, 0) is 12.1 Å². The van der Waals surface area contributed by atoms with Gasteiger partial charge in [0.2, 0.25) is 0 Å². The predicted molar refractivity (Wildman–Crippen MR) is 61.4 cm³/mol. The highest BCUT2D eigenvalue weighted by Crippen LogP contribution is 2.15. The molecule has 0 radical (unpaired) electrons. The summed E-state index contributed by atoms with van der Waals surface area (Å²) in [6, 6.07) is 2.77. The van der Waals surface area contributed by atoms with Crippen LogP contribution in [-0.2, 0) is 17.8 Å². The van der Waals surface area contributed by atoms with Crippen molar-refractivity contribution in [1.29, 1.82) is 0 Å². The molecule has 5 nitrogen and oxygen atoms in total. The summed E-state index contributed by atoms with van der Waals surface area (Å²) in [4.78, 5) is 22.7. The number of ether oxygens (including phenoxy) is 1. The molecule has 92 valence electrons. The lowest BCUT2D eigenvalue weighted by molar-refractivity contribution is 0.108. The van der Waals surface area contributed by atoms with Gasteiger partial charge in [0.1, 0.15) is 11.5 Å². The predicted octanol–water partition coefficient (Wildman–Crippen LogP) is 1.04. The highest BCUT2D eigenvalue weighted by molar-refractivity contribution is 5.49. The zero-order valence-electron chi connectivity index (χ0n) is 9.44. The third kappa shape index (κ3) is 1.91. The molecular formula is C12H10FN3O2. The Morgan fingerprint density at radius 2 is 2.28 bits per heavy atom. The smallest absolute Gasteiger partial charge is 0.256 e. The maximum atomic E-state index is 12.8. The van der Waals surface area contributed by atoms with E-state index >= 15 is 0 Å². The minimum absolute atomic E-state index is 0.221. The molecule has 0 aliphatic carbocycles. The van der Waals surface area contributed by atoms with E-state index in [-0.39, 0.29) is 12.2 Å². The van der Waals surface area contributed by atoms with Gasteiger partial charge in [-0.3, -0.25) is 4.79 Å². The van der Waals surface area contributed by atoms with Crippen LogP contribution in [0.1, 0.15) is 11.3 Å². The highest BCUT2D eigenvalue weighted by Gasteiger charge is 2.16. The lowest BCUT2D eigenvalue weighted by atomic mass is 10.1. The molecule has 2 aromatic rings. The first kappa shape index (κ1) is 11.0. The second kappa shape index (κ2) is 4.30. The summed E-state index contributed by atoms with van der Waals surface area (Å²) in [5.74, 6) is -0.0619. The third-order valence-electron chi connectivity index (χ3n) is 2.80. The average Bonchev–Trinajstić information content (AvgIpc) is 2.39. The molecule has 1 aliphatic rings. The Morgan fingerprint density at radius 3 is 3.06 bits per heavy atom. The summed E-state index contributed by atoms with van der Waals surface area (Å²) in [6.07, 6.45) is 1.70. The highest BCUT2D eigenvalue weighted by atomic mass is 19.1. The molecule has 18 heavy (non-hydrogen) atoms. The first-order valence-electron chi connectivity index (χ1n) is 5.56. The normalized spacial score (nSPS) is 14.3. The number of nitrogens with one attached hydrogen (secondary N) is 1. The van der Waals surface area contributed by atoms with Crippen molar-refractivity contribution in [3.8, 4) is 11.5 Å². The van der Waals surface area contributed by atoms with Crippen molar-refractivity contribution in [2.75, 3.05) is 6.61 Å². The first-order chi connectivity index (χ1) is 8.74. The second-order valence-corrected chi connectivity index (χ2v) is 4.00. The molecular weight excluding hydrogens is 237 g/mol. The van der Waals surface area contributed by atoms with Gasteiger partial charge < -0.3 is 9.72 Å². The van der Waals surface area contributed by atoms with Crippen LogP contribution in [0.15, 0.2) is 23.1 Å². The SMILES string of the molecule is O=c1[nH]c(-c2ccc(F)cn2)nc2c1COCC2. The maximum absolute atomic E-state index is 12.8. The van der Waals surface area contributed by atoms with E-state index in [2.05, 4.69) is 15.0 Å². The van der Waals surface area contributed by atoms with E-state index < -0.39 is 5.82 Å². The Bertz CT molecular complexity index is 637. The Labute approximate surface area is 102 Å². The summed E-state index contributed by atoms with van der Waals surface area (Å²) in [5.41, 5.74) is 1.52. The van der Waals surface area contributed by atoms with Crippen LogP contribution in [-0.4, -0.2) is 21.6 Å². The molecule has 1 N–H and O–H groups in total. The number of aromatic amines is 1. The molecule has 3 rings (SSSR count). The van der Waals surface area contributed by atoms with Crippen LogP contribution >= 0.6 is 0 Å². The molecule has 2 aromatic heterocycles. The first-order valence-corrected chi connectivity index (χ1v) is 5.56. The fraction of sp³-hybridized carbons (Fsp3) is 0.250. The summed E-state index contributed by atoms with van der Waals surface area (Å²) >= 11 is 0. The zero-order valence-corrected chi connectivity index (χ0v) is 9.44. The van der Waals surface area contributed by atoms with Crippen LogP contribution in [0.2, 0.25) is 0 Å². The fourth-order valence-electron chi connectivity index (χ4n) is 1.88. The van der Waals surface area contributed by atoms with Crippen LogP contribution in [0.4, 0.5) is 4.39 Å². The molecule has 0 unspecified atom stereocenters. The van der Waals surface area contributed by atoms with Gasteiger partial charge in [-0.1, -0.05) is 0 Å². The lowest BCUT2D eigenvalue weighted by Crippen LogP contribution is -2.24. The summed E-state index contributed by atoms with van der Waals surface area (Å²) in [7, 11) is 0. The topological polar surface area (TPSA) is 67.9 Å². The number of hydrogen-bond donors (Lipinski definition) is 1. The Kier molecular flexibility index (Phi) is 2.64. The van der Waals surface area contributed by atoms with Crippen molar-refractivity contribution in [2.45, 2.75) is 13.0 Å². The molecule has 3 heterocycles. The Hall–Kier alpha value is -2.08. The molecule has 0 saturated heterocycles. The largest absolute Gasteiger partial charge is 0.376 e. The van der Waals surface area contributed by atoms with Crippen LogP contribution in [0.25, 0.3) is 11.5 Å². The maximum Gasteiger partial charge on any atom is 0.256 e. The minimum Gasteiger partial charge on any atom is -0.376 e. The van der Waals surface area contributed by atoms with Gasteiger partial charge >= 0.3 is 0 Å². The molecule has 0 bridgehead atoms. The number of pyridine rings is 1. The van der Waals surface area contributed by atoms with Gasteiger partial charge in [0, 0.05) is 6.42 Å². The van der Waals surface area contributed by atoms with E-state index in [1.165, 1.54) is 12.1 Å². The third-order valence-corrected chi connectivity index (χ3v) is 2.80. The van der Waals surface area contributed by atoms with Gasteiger partial charge in [-0.2, -0.15) is 0 Å². The van der Waals surface area contributed by atoms with Gasteiger partial charge in [0.05, 0.1) is 30.7 Å². The number of nitrogens with zero attached hydrogens (tertiary/aromatic N) is 2. The van der Waals surface area contributed by atoms with Gasteiger partial charge in [0.15, 0.2) is 5.82 Å². The second-order valence-electron chi connectivity index (χ2n) is 4.00. The Balaban J connectivity index is 2.11. The lowest BCUT2D eigenvalue weighted by Gasteiger charge is -2.15. The van der Waals surface area contributed by atoms with Gasteiger partial charge in [-0.15, -0.1) is 0 Å². The molecule has 0 atom stereocenters. The number of fused-ring (bicyclic) bond motifs is 1. The van der Waals surface area contributed by atoms with E-state index in [4.69, 9.17) is 4.74 Å². The Morgan fingerprint density at radius 1 is 1.39 bits per heavy atom. The zero-order chi connectivity index (χ0) is 12.5. The van der Waals surface area contributed by atoms with Crippen molar-refractivity contribution in [3.63, 3.8) is 0 Å². The molecule has 1 aliphatic heterocycles. The van der Waals surface area contributed by atoms with Crippen LogP contribution in [0.3, 0.4) is 0 Å². The monoisotopic (exact) mass is 247 g/mol. The van der Waals surface area contributed by atoms with Crippen molar-refractivity contribution < 1.29 is 9.13 Å². The molecule has 0 spiro atoms. The number of H-pyrrole nitrogens is 1. The van der Waals surface area contributed by atoms with Crippen molar-refractivity contribution in [3.05, 3.63) is 45.8 Å². The van der Waals surface area contributed by atoms with Crippen LogP contribution in [0.5, 0.6) is 0 Å². The molecule has 0 fully saturated rings. The van der Waals surface area contributed by atoms with E-state index in [0.717, 1.165) is 11.9 Å². The molecule has 0 saturated carbocycles. The van der Waals surface area contributed by atoms with Crippen molar-refractivity contribution >= 4 is 0 Å². The summed E-state index contributed by atoms with van der Waals surface area (Å²) in [6.45, 7) is 0.842. The fourth-order valence-corrected chi connectivity index (χ4v) is 1.88. The number of halogens is 1. The van der Waals surface area contributed by atoms with E-state index in [1.807, 2.05) is 0 Å². The quantitative estimate of drug-likeness (QED) is 0.817. The van der Waals surface area contributed by atoms with Crippen molar-refractivity contribution in [2.24, 2.45) is 0 Å². The van der Waals surface area contributed by atoms with E-state index in [0.29, 0.717) is 30.1 Å². The number of aromatic nitrogens is 3. The average molecular weight is 247 g/mol. The summed E-state index contributed by atoms with van der Waals surface area (Å²) in [5, 5.41) is 0. The number of rotatable bonds is 1. The standard InChI is InChI=1S/C12H10FN3O2/c13-7-1-2-10(14-5-7)11-15-9-3-4-18-6-8(9)12(17)16-11/h1-2,5H,3-4,6H2,(H,15,16,17). The van der Waals surface area contributed by atoms with Gasteiger partial charge in [0.25, 0.3) is 5.56 Å². The summed E-state index contributed by atoms with van der Waals surface area (Å²) < 4.78 is 18.0. The molecule has 0 aromatic carbocycles. The molecule has 0 amide bonds. The minimum atomic E-state index is -0.424. The van der Waals surface area contributed by atoms with E-state index in [9.17, 15) is 9.18 Å². The van der Waals surface area contributed by atoms with Crippen LogP contribution in [0, 0.1) is 5.82 Å². The van der Waals surface area contributed by atoms with Gasteiger partial charge in [-0.25, -0.2) is 14.4 Å². The van der Waals surface area contributed by atoms with E-state index in [1.54, 1.807) is 0 Å². The molecule has 6 heteroatoms.